The third kappa shape index (κ3) is 6.74. The van der Waals surface area contributed by atoms with Gasteiger partial charge in [-0.2, -0.15) is 0 Å². The topological polar surface area (TPSA) is 44.4 Å². The van der Waals surface area contributed by atoms with Crippen LogP contribution in [0.3, 0.4) is 0 Å². The van der Waals surface area contributed by atoms with Crippen LogP contribution in [0, 0.1) is 0 Å². The van der Waals surface area contributed by atoms with Crippen LogP contribution in [-0.4, -0.2) is 44.5 Å². The Kier molecular flexibility index (Phi) is 6.93. The summed E-state index contributed by atoms with van der Waals surface area (Å²) in [5, 5.41) is 5.97. The van der Waals surface area contributed by atoms with Gasteiger partial charge in [0.25, 0.3) is 0 Å². The van der Waals surface area contributed by atoms with Crippen LogP contribution in [0.25, 0.3) is 0 Å². The second-order valence-corrected chi connectivity index (χ2v) is 5.31. The van der Waals surface area contributed by atoms with Crippen LogP contribution in [0.4, 0.5) is 5.69 Å². The Morgan fingerprint density at radius 1 is 1.39 bits per heavy atom. The van der Waals surface area contributed by atoms with E-state index in [0.29, 0.717) is 6.54 Å². The summed E-state index contributed by atoms with van der Waals surface area (Å²) in [5.41, 5.74) is 0.810. The second kappa shape index (κ2) is 8.24. The first-order valence-electron chi connectivity index (χ1n) is 5.99. The molecule has 0 heterocycles. The Hall–Kier alpha value is -0.910. The lowest BCUT2D eigenvalue weighted by molar-refractivity contribution is -0.115. The standard InChI is InChI=1S/C13H20BrN3O/c1-17(2)8-4-7-15-10-13(18)16-12-6-3-5-11(14)9-12/h3,5-6,9,15H,4,7-8,10H2,1-2H3,(H,16,18). The lowest BCUT2D eigenvalue weighted by Crippen LogP contribution is -2.30. The zero-order valence-electron chi connectivity index (χ0n) is 10.9. The van der Waals surface area contributed by atoms with Gasteiger partial charge in [0.15, 0.2) is 0 Å². The van der Waals surface area contributed by atoms with Crippen molar-refractivity contribution in [2.45, 2.75) is 6.42 Å². The highest BCUT2D eigenvalue weighted by Crippen LogP contribution is 2.15. The van der Waals surface area contributed by atoms with E-state index < -0.39 is 0 Å². The van der Waals surface area contributed by atoms with E-state index in [4.69, 9.17) is 0 Å². The van der Waals surface area contributed by atoms with Crippen molar-refractivity contribution in [3.8, 4) is 0 Å². The van der Waals surface area contributed by atoms with Crippen molar-refractivity contribution in [2.75, 3.05) is 39.0 Å². The fourth-order valence-corrected chi connectivity index (χ4v) is 1.89. The molecule has 0 fully saturated rings. The number of rotatable bonds is 7. The average Bonchev–Trinajstić information content (AvgIpc) is 2.28. The van der Waals surface area contributed by atoms with Crippen molar-refractivity contribution in [2.24, 2.45) is 0 Å². The van der Waals surface area contributed by atoms with E-state index in [1.54, 1.807) is 0 Å². The van der Waals surface area contributed by atoms with Gasteiger partial charge in [-0.3, -0.25) is 4.79 Å². The van der Waals surface area contributed by atoms with Crippen molar-refractivity contribution in [1.82, 2.24) is 10.2 Å². The predicted molar refractivity (Wildman–Crippen MR) is 78.8 cm³/mol. The second-order valence-electron chi connectivity index (χ2n) is 4.39. The number of hydrogen-bond acceptors (Lipinski definition) is 3. The van der Waals surface area contributed by atoms with Gasteiger partial charge in [0.2, 0.25) is 5.91 Å². The summed E-state index contributed by atoms with van der Waals surface area (Å²) >= 11 is 3.37. The molecule has 0 radical (unpaired) electrons. The lowest BCUT2D eigenvalue weighted by Gasteiger charge is -2.10. The van der Waals surface area contributed by atoms with E-state index in [9.17, 15) is 4.79 Å². The zero-order valence-corrected chi connectivity index (χ0v) is 12.5. The predicted octanol–water partition coefficient (Wildman–Crippen LogP) is 1.93. The molecule has 0 bridgehead atoms. The molecule has 0 aliphatic carbocycles. The monoisotopic (exact) mass is 313 g/mol. The van der Waals surface area contributed by atoms with Crippen LogP contribution < -0.4 is 10.6 Å². The normalized spacial score (nSPS) is 10.7. The first-order chi connectivity index (χ1) is 8.58. The van der Waals surface area contributed by atoms with Crippen LogP contribution in [0.2, 0.25) is 0 Å². The van der Waals surface area contributed by atoms with Crippen LogP contribution in [-0.2, 0) is 4.79 Å². The number of nitrogens with one attached hydrogen (secondary N) is 2. The largest absolute Gasteiger partial charge is 0.325 e. The molecular formula is C13H20BrN3O. The molecule has 0 saturated heterocycles. The van der Waals surface area contributed by atoms with E-state index in [-0.39, 0.29) is 5.91 Å². The van der Waals surface area contributed by atoms with Crippen LogP contribution in [0.15, 0.2) is 28.7 Å². The minimum Gasteiger partial charge on any atom is -0.325 e. The SMILES string of the molecule is CN(C)CCCNCC(=O)Nc1cccc(Br)c1. The summed E-state index contributed by atoms with van der Waals surface area (Å²) in [4.78, 5) is 13.7. The van der Waals surface area contributed by atoms with E-state index in [1.165, 1.54) is 0 Å². The van der Waals surface area contributed by atoms with Gasteiger partial charge in [-0.1, -0.05) is 22.0 Å². The van der Waals surface area contributed by atoms with Gasteiger partial charge in [0.1, 0.15) is 0 Å². The number of halogens is 1. The summed E-state index contributed by atoms with van der Waals surface area (Å²) in [7, 11) is 4.08. The summed E-state index contributed by atoms with van der Waals surface area (Å²) in [6, 6.07) is 7.57. The molecule has 2 N–H and O–H groups in total. The third-order valence-corrected chi connectivity index (χ3v) is 2.85. The fourth-order valence-electron chi connectivity index (χ4n) is 1.49. The first kappa shape index (κ1) is 15.1. The molecule has 100 valence electrons. The summed E-state index contributed by atoms with van der Waals surface area (Å²) in [6.07, 6.45) is 1.04. The number of amides is 1. The van der Waals surface area contributed by atoms with Crippen molar-refractivity contribution in [1.29, 1.82) is 0 Å². The van der Waals surface area contributed by atoms with Crippen molar-refractivity contribution in [3.05, 3.63) is 28.7 Å². The molecule has 1 amide bonds. The Balaban J connectivity index is 2.18. The van der Waals surface area contributed by atoms with Gasteiger partial charge in [-0.05, 0) is 51.8 Å². The van der Waals surface area contributed by atoms with Crippen molar-refractivity contribution in [3.63, 3.8) is 0 Å². The Morgan fingerprint density at radius 3 is 2.83 bits per heavy atom. The van der Waals surface area contributed by atoms with Gasteiger partial charge in [-0.25, -0.2) is 0 Å². The van der Waals surface area contributed by atoms with E-state index in [2.05, 4.69) is 31.5 Å². The fraction of sp³-hybridized carbons (Fsp3) is 0.462. The van der Waals surface area contributed by atoms with Gasteiger partial charge >= 0.3 is 0 Å². The minimum atomic E-state index is -0.0158. The highest BCUT2D eigenvalue weighted by Gasteiger charge is 2.01. The van der Waals surface area contributed by atoms with Crippen molar-refractivity contribution >= 4 is 27.5 Å². The summed E-state index contributed by atoms with van der Waals surface area (Å²) in [5.74, 6) is -0.0158. The highest BCUT2D eigenvalue weighted by atomic mass is 79.9. The molecule has 0 aliphatic rings. The quantitative estimate of drug-likeness (QED) is 0.756. The van der Waals surface area contributed by atoms with Gasteiger partial charge in [0.05, 0.1) is 6.54 Å². The van der Waals surface area contributed by atoms with Crippen LogP contribution in [0.5, 0.6) is 0 Å². The third-order valence-electron chi connectivity index (χ3n) is 2.35. The highest BCUT2D eigenvalue weighted by molar-refractivity contribution is 9.10. The number of carbonyl (C=O) groups excluding carboxylic acids is 1. The number of carbonyl (C=O) groups is 1. The molecule has 0 saturated carbocycles. The Morgan fingerprint density at radius 2 is 2.17 bits per heavy atom. The van der Waals surface area contributed by atoms with E-state index >= 15 is 0 Å². The number of nitrogens with zero attached hydrogens (tertiary/aromatic N) is 1. The molecule has 18 heavy (non-hydrogen) atoms. The molecule has 0 aromatic heterocycles. The van der Waals surface area contributed by atoms with Gasteiger partial charge in [0, 0.05) is 10.2 Å². The average molecular weight is 314 g/mol. The number of hydrogen-bond donors (Lipinski definition) is 2. The van der Waals surface area contributed by atoms with E-state index in [1.807, 2.05) is 38.4 Å². The summed E-state index contributed by atoms with van der Waals surface area (Å²) in [6.45, 7) is 2.23. The lowest BCUT2D eigenvalue weighted by atomic mass is 10.3. The molecule has 0 spiro atoms. The molecular weight excluding hydrogens is 294 g/mol. The molecule has 5 heteroatoms. The molecule has 0 atom stereocenters. The number of anilines is 1. The van der Waals surface area contributed by atoms with Crippen LogP contribution in [0.1, 0.15) is 6.42 Å². The molecule has 1 aromatic carbocycles. The minimum absolute atomic E-state index is 0.0158. The van der Waals surface area contributed by atoms with Gasteiger partial charge in [-0.15, -0.1) is 0 Å². The maximum Gasteiger partial charge on any atom is 0.238 e. The molecule has 0 aliphatic heterocycles. The first-order valence-corrected chi connectivity index (χ1v) is 6.78. The number of benzene rings is 1. The maximum absolute atomic E-state index is 11.6. The Labute approximate surface area is 117 Å². The molecule has 4 nitrogen and oxygen atoms in total. The van der Waals surface area contributed by atoms with E-state index in [0.717, 1.165) is 29.7 Å². The smallest absolute Gasteiger partial charge is 0.238 e. The van der Waals surface area contributed by atoms with Crippen LogP contribution >= 0.6 is 15.9 Å². The summed E-state index contributed by atoms with van der Waals surface area (Å²) < 4.78 is 0.958. The molecule has 1 aromatic rings. The molecule has 1 rings (SSSR count). The Bertz CT molecular complexity index is 382. The maximum atomic E-state index is 11.6. The zero-order chi connectivity index (χ0) is 13.4. The molecule has 0 unspecified atom stereocenters. The van der Waals surface area contributed by atoms with Gasteiger partial charge < -0.3 is 15.5 Å². The van der Waals surface area contributed by atoms with Crippen molar-refractivity contribution < 1.29 is 4.79 Å².